The molecule has 0 saturated heterocycles. The van der Waals surface area contributed by atoms with Crippen LogP contribution in [0, 0.1) is 41.3 Å². The van der Waals surface area contributed by atoms with Crippen molar-refractivity contribution in [1.82, 2.24) is 0 Å². The van der Waals surface area contributed by atoms with Gasteiger partial charge in [-0.2, -0.15) is 0 Å². The third-order valence-corrected chi connectivity index (χ3v) is 9.98. The summed E-state index contributed by atoms with van der Waals surface area (Å²) in [6, 6.07) is 5.97. The second-order valence-corrected chi connectivity index (χ2v) is 13.4. The second kappa shape index (κ2) is 11.3. The molecule has 1 aromatic rings. The fourth-order valence-electron chi connectivity index (χ4n) is 5.84. The Morgan fingerprint density at radius 3 is 1.76 bits per heavy atom. The first kappa shape index (κ1) is 26.9. The van der Waals surface area contributed by atoms with Crippen molar-refractivity contribution < 1.29 is 23.1 Å². The van der Waals surface area contributed by atoms with Crippen LogP contribution in [0.1, 0.15) is 91.5 Å². The van der Waals surface area contributed by atoms with Crippen molar-refractivity contribution in [3.8, 4) is 0 Å². The molecular formula is C27H44FO4P. The molecule has 188 valence electrons. The van der Waals surface area contributed by atoms with E-state index in [0.29, 0.717) is 23.7 Å². The zero-order valence-corrected chi connectivity index (χ0v) is 22.1. The average molecular weight is 483 g/mol. The normalized spacial score (nSPS) is 32.3. The zero-order chi connectivity index (χ0) is 24.3. The van der Waals surface area contributed by atoms with Gasteiger partial charge < -0.3 is 14.2 Å². The van der Waals surface area contributed by atoms with Crippen molar-refractivity contribution >= 4 is 7.60 Å². The lowest BCUT2D eigenvalue weighted by atomic mass is 9.75. The van der Waals surface area contributed by atoms with Crippen LogP contribution in [0.3, 0.4) is 0 Å². The van der Waals surface area contributed by atoms with Crippen LogP contribution in [-0.4, -0.2) is 17.3 Å². The predicted molar refractivity (Wildman–Crippen MR) is 131 cm³/mol. The summed E-state index contributed by atoms with van der Waals surface area (Å²) < 4.78 is 41.9. The minimum atomic E-state index is -4.09. The van der Waals surface area contributed by atoms with Gasteiger partial charge in [-0.15, -0.1) is 0 Å². The van der Waals surface area contributed by atoms with Crippen molar-refractivity contribution in [3.05, 3.63) is 35.6 Å². The molecule has 2 saturated carbocycles. The van der Waals surface area contributed by atoms with Gasteiger partial charge in [-0.05, 0) is 67.3 Å². The van der Waals surface area contributed by atoms with E-state index in [1.54, 1.807) is 12.1 Å². The molecule has 0 spiro atoms. The molecule has 2 aliphatic carbocycles. The summed E-state index contributed by atoms with van der Waals surface area (Å²) in [4.78, 5) is 0. The van der Waals surface area contributed by atoms with E-state index in [1.807, 2.05) is 0 Å². The Morgan fingerprint density at radius 2 is 1.33 bits per heavy atom. The van der Waals surface area contributed by atoms with Crippen LogP contribution in [0.2, 0.25) is 0 Å². The third kappa shape index (κ3) is 6.48. The smallest absolute Gasteiger partial charge is 0.364 e. The van der Waals surface area contributed by atoms with Gasteiger partial charge in [0, 0.05) is 5.56 Å². The maximum Gasteiger partial charge on any atom is 0.364 e. The fourth-order valence-corrected chi connectivity index (χ4v) is 7.91. The SMILES string of the molecule is CC(C)[C@H]1CC[C@@H](C)C[C@H]1OP(=O)(O[C@@H]1C[C@H](C)CC[C@@H]1C(C)C)[C@H](O)c1ccccc1F. The van der Waals surface area contributed by atoms with E-state index in [1.165, 1.54) is 12.1 Å². The zero-order valence-electron chi connectivity index (χ0n) is 21.2. The maximum atomic E-state index is 14.7. The number of hydrogen-bond acceptors (Lipinski definition) is 4. The van der Waals surface area contributed by atoms with Crippen LogP contribution < -0.4 is 0 Å². The van der Waals surface area contributed by atoms with Crippen molar-refractivity contribution in [1.29, 1.82) is 0 Å². The molecule has 0 unspecified atom stereocenters. The summed E-state index contributed by atoms with van der Waals surface area (Å²) in [6.45, 7) is 13.0. The molecule has 0 heterocycles. The Labute approximate surface area is 200 Å². The quantitative estimate of drug-likeness (QED) is 0.382. The molecule has 1 aromatic carbocycles. The van der Waals surface area contributed by atoms with E-state index < -0.39 is 19.3 Å². The van der Waals surface area contributed by atoms with Gasteiger partial charge in [0.1, 0.15) is 5.82 Å². The van der Waals surface area contributed by atoms with Gasteiger partial charge in [0.15, 0.2) is 5.85 Å². The number of aliphatic hydroxyl groups is 1. The van der Waals surface area contributed by atoms with Crippen LogP contribution >= 0.6 is 7.60 Å². The van der Waals surface area contributed by atoms with Crippen molar-refractivity contribution in [3.63, 3.8) is 0 Å². The monoisotopic (exact) mass is 482 g/mol. The number of halogens is 1. The Hall–Kier alpha value is -0.740. The predicted octanol–water partition coefficient (Wildman–Crippen LogP) is 7.96. The van der Waals surface area contributed by atoms with E-state index >= 15 is 0 Å². The highest BCUT2D eigenvalue weighted by atomic mass is 31.2. The van der Waals surface area contributed by atoms with E-state index in [2.05, 4.69) is 41.5 Å². The molecule has 0 amide bonds. The first-order valence-corrected chi connectivity index (χ1v) is 14.5. The molecule has 2 fully saturated rings. The Balaban J connectivity index is 1.96. The van der Waals surface area contributed by atoms with Crippen LogP contribution in [-0.2, 0) is 13.6 Å². The van der Waals surface area contributed by atoms with Crippen LogP contribution in [0.15, 0.2) is 24.3 Å². The Kier molecular flexibility index (Phi) is 9.22. The Bertz CT molecular complexity index is 775. The number of hydrogen-bond donors (Lipinski definition) is 1. The highest BCUT2D eigenvalue weighted by Gasteiger charge is 2.47. The van der Waals surface area contributed by atoms with Crippen LogP contribution in [0.4, 0.5) is 4.39 Å². The van der Waals surface area contributed by atoms with Gasteiger partial charge >= 0.3 is 7.60 Å². The molecule has 0 bridgehead atoms. The summed E-state index contributed by atoms with van der Waals surface area (Å²) in [6.07, 6.45) is 5.20. The first-order chi connectivity index (χ1) is 15.5. The van der Waals surface area contributed by atoms with Gasteiger partial charge in [-0.25, -0.2) is 4.39 Å². The molecule has 3 rings (SSSR count). The first-order valence-electron chi connectivity index (χ1n) is 12.9. The highest BCUT2D eigenvalue weighted by Crippen LogP contribution is 2.64. The molecule has 7 atom stereocenters. The molecule has 0 aliphatic heterocycles. The van der Waals surface area contributed by atoms with Gasteiger partial charge in [0.25, 0.3) is 0 Å². The topological polar surface area (TPSA) is 55.8 Å². The number of benzene rings is 1. The van der Waals surface area contributed by atoms with Crippen molar-refractivity contribution in [2.45, 2.75) is 98.1 Å². The standard InChI is InChI=1S/C27H44FO4P/c1-17(2)21-13-11-19(5)15-25(21)31-33(30,27(29)23-9-7-8-10-24(23)28)32-26-16-20(6)12-14-22(26)18(3)4/h7-10,17-22,25-27,29H,11-16H2,1-6H3/t19-,20-,21-,22-,25-,26-,27+/m1/s1. The fraction of sp³-hybridized carbons (Fsp3) is 0.778. The van der Waals surface area contributed by atoms with Crippen LogP contribution in [0.25, 0.3) is 0 Å². The lowest BCUT2D eigenvalue weighted by molar-refractivity contribution is -0.0156. The molecule has 6 heteroatoms. The maximum absolute atomic E-state index is 14.7. The molecule has 4 nitrogen and oxygen atoms in total. The molecule has 0 aromatic heterocycles. The highest BCUT2D eigenvalue weighted by molar-refractivity contribution is 7.54. The lowest BCUT2D eigenvalue weighted by Gasteiger charge is -2.42. The summed E-state index contributed by atoms with van der Waals surface area (Å²) in [5.74, 6) is -0.154. The molecule has 1 N–H and O–H groups in total. The minimum Gasteiger partial charge on any atom is -0.376 e. The van der Waals surface area contributed by atoms with E-state index in [9.17, 15) is 14.1 Å². The van der Waals surface area contributed by atoms with Crippen LogP contribution in [0.5, 0.6) is 0 Å². The summed E-state index contributed by atoms with van der Waals surface area (Å²) in [5.41, 5.74) is -0.0178. The van der Waals surface area contributed by atoms with E-state index in [0.717, 1.165) is 38.5 Å². The number of aliphatic hydroxyl groups excluding tert-OH is 1. The summed E-state index contributed by atoms with van der Waals surface area (Å²) >= 11 is 0. The van der Waals surface area contributed by atoms with Gasteiger partial charge in [-0.1, -0.05) is 72.6 Å². The lowest BCUT2D eigenvalue weighted by Crippen LogP contribution is -2.37. The molecular weight excluding hydrogens is 438 g/mol. The van der Waals surface area contributed by atoms with Gasteiger partial charge in [0.05, 0.1) is 12.2 Å². The van der Waals surface area contributed by atoms with Crippen molar-refractivity contribution in [2.75, 3.05) is 0 Å². The van der Waals surface area contributed by atoms with Crippen molar-refractivity contribution in [2.24, 2.45) is 35.5 Å². The second-order valence-electron chi connectivity index (χ2n) is 11.4. The third-order valence-electron chi connectivity index (χ3n) is 7.97. The number of rotatable bonds is 8. The Morgan fingerprint density at radius 1 is 0.879 bits per heavy atom. The molecule has 0 radical (unpaired) electrons. The minimum absolute atomic E-state index is 0.0178. The summed E-state index contributed by atoms with van der Waals surface area (Å²) in [7, 11) is -4.09. The van der Waals surface area contributed by atoms with E-state index in [4.69, 9.17) is 9.05 Å². The summed E-state index contributed by atoms with van der Waals surface area (Å²) in [5, 5.41) is 11.3. The average Bonchev–Trinajstić information content (AvgIpc) is 2.73. The van der Waals surface area contributed by atoms with E-state index in [-0.39, 0.29) is 29.6 Å². The molecule has 33 heavy (non-hydrogen) atoms. The molecule has 2 aliphatic rings. The van der Waals surface area contributed by atoms with Gasteiger partial charge in [0.2, 0.25) is 0 Å². The largest absolute Gasteiger partial charge is 0.376 e. The van der Waals surface area contributed by atoms with Gasteiger partial charge in [-0.3, -0.25) is 4.57 Å².